The minimum absolute atomic E-state index is 0.0651. The lowest BCUT2D eigenvalue weighted by molar-refractivity contribution is -0.598. The van der Waals surface area contributed by atoms with Gasteiger partial charge in [-0.2, -0.15) is 0 Å². The van der Waals surface area contributed by atoms with Crippen LogP contribution in [0.3, 0.4) is 0 Å². The van der Waals surface area contributed by atoms with Crippen LogP contribution in [-0.4, -0.2) is 38.0 Å². The molecule has 1 aliphatic rings. The third-order valence-electron chi connectivity index (χ3n) is 5.55. The zero-order valence-electron chi connectivity index (χ0n) is 21.3. The van der Waals surface area contributed by atoms with E-state index in [0.717, 1.165) is 5.75 Å². The smallest absolute Gasteiger partial charge is 0.482 e. The summed E-state index contributed by atoms with van der Waals surface area (Å²) in [4.78, 5) is 22.7. The van der Waals surface area contributed by atoms with Crippen molar-refractivity contribution in [3.63, 3.8) is 0 Å². The van der Waals surface area contributed by atoms with E-state index in [2.05, 4.69) is 68.8 Å². The summed E-state index contributed by atoms with van der Waals surface area (Å²) < 4.78 is 28.7. The van der Waals surface area contributed by atoms with Crippen molar-refractivity contribution in [2.45, 2.75) is 39.2 Å². The van der Waals surface area contributed by atoms with Gasteiger partial charge in [0, 0.05) is 5.56 Å². The van der Waals surface area contributed by atoms with Crippen LogP contribution in [0.25, 0.3) is 0 Å². The molecule has 1 heterocycles. The van der Waals surface area contributed by atoms with Gasteiger partial charge in [0.2, 0.25) is 0 Å². The predicted molar refractivity (Wildman–Crippen MR) is 133 cm³/mol. The number of halogens is 1. The first-order chi connectivity index (χ1) is 17.7. The molecule has 1 saturated heterocycles. The highest BCUT2D eigenvalue weighted by Crippen LogP contribution is 2.25. The zero-order valence-corrected chi connectivity index (χ0v) is 23.4. The molecule has 37 heavy (non-hydrogen) atoms. The van der Waals surface area contributed by atoms with Crippen LogP contribution in [0.2, 0.25) is 0 Å². The Labute approximate surface area is 227 Å². The van der Waals surface area contributed by atoms with Gasteiger partial charge in [-0.15, -0.1) is 0 Å². The summed E-state index contributed by atoms with van der Waals surface area (Å²) >= 11 is -0.276. The SMILES string of the molecule is Cc1cc(Oc2ccc(OCC(=O)OCC3COC(=O)O3)cc2)ccc1[I+]c1ccc(C(C)(C)C)cc1. The molecule has 0 bridgehead atoms. The van der Waals surface area contributed by atoms with Crippen LogP contribution in [0.4, 0.5) is 4.79 Å². The Kier molecular flexibility index (Phi) is 8.58. The van der Waals surface area contributed by atoms with E-state index >= 15 is 0 Å². The molecule has 0 spiro atoms. The minimum atomic E-state index is -0.755. The molecule has 0 aromatic heterocycles. The first-order valence-corrected chi connectivity index (χ1v) is 14.1. The lowest BCUT2D eigenvalue weighted by Crippen LogP contribution is -3.61. The molecule has 0 radical (unpaired) electrons. The van der Waals surface area contributed by atoms with Crippen molar-refractivity contribution in [1.82, 2.24) is 0 Å². The summed E-state index contributed by atoms with van der Waals surface area (Å²) in [5, 5.41) is 0. The van der Waals surface area contributed by atoms with Crippen LogP contribution in [0.1, 0.15) is 31.9 Å². The molecule has 1 fully saturated rings. The molecule has 3 aromatic rings. The minimum Gasteiger partial charge on any atom is -0.482 e. The van der Waals surface area contributed by atoms with E-state index in [1.165, 1.54) is 18.3 Å². The average molecular weight is 617 g/mol. The maximum absolute atomic E-state index is 11.8. The van der Waals surface area contributed by atoms with E-state index in [-0.39, 0.29) is 46.4 Å². The number of cyclic esters (lactones) is 2. The first-order valence-electron chi connectivity index (χ1n) is 11.9. The van der Waals surface area contributed by atoms with Crippen molar-refractivity contribution in [3.05, 3.63) is 85.0 Å². The molecule has 1 aliphatic heterocycles. The Hall–Kier alpha value is -3.27. The second-order valence-corrected chi connectivity index (χ2v) is 12.6. The molecular formula is C29H30IO7+. The van der Waals surface area contributed by atoms with Crippen molar-refractivity contribution in [2.75, 3.05) is 19.8 Å². The molecule has 0 saturated carbocycles. The third kappa shape index (κ3) is 7.85. The molecular weight excluding hydrogens is 587 g/mol. The van der Waals surface area contributed by atoms with Crippen molar-refractivity contribution in [3.8, 4) is 17.2 Å². The van der Waals surface area contributed by atoms with Gasteiger partial charge >= 0.3 is 33.3 Å². The molecule has 3 aromatic carbocycles. The van der Waals surface area contributed by atoms with E-state index in [0.29, 0.717) is 11.5 Å². The fourth-order valence-electron chi connectivity index (χ4n) is 3.47. The first kappa shape index (κ1) is 26.8. The van der Waals surface area contributed by atoms with Crippen LogP contribution in [0.5, 0.6) is 17.2 Å². The molecule has 8 heteroatoms. The Morgan fingerprint density at radius 3 is 2.27 bits per heavy atom. The highest BCUT2D eigenvalue weighted by molar-refractivity contribution is 5.71. The number of aryl methyl sites for hydroxylation is 1. The van der Waals surface area contributed by atoms with Gasteiger partial charge in [0.15, 0.2) is 19.9 Å². The van der Waals surface area contributed by atoms with Crippen molar-refractivity contribution in [1.29, 1.82) is 0 Å². The highest BCUT2D eigenvalue weighted by atomic mass is 127. The second-order valence-electron chi connectivity index (χ2n) is 9.61. The van der Waals surface area contributed by atoms with E-state index in [1.807, 2.05) is 6.07 Å². The maximum Gasteiger partial charge on any atom is 0.508 e. The van der Waals surface area contributed by atoms with Crippen molar-refractivity contribution >= 4 is 12.1 Å². The number of carbonyl (C=O) groups is 2. The zero-order chi connectivity index (χ0) is 26.4. The van der Waals surface area contributed by atoms with Crippen molar-refractivity contribution in [2.24, 2.45) is 0 Å². The fourth-order valence-corrected chi connectivity index (χ4v) is 5.81. The van der Waals surface area contributed by atoms with Crippen LogP contribution >= 0.6 is 0 Å². The number of esters is 1. The fraction of sp³-hybridized carbons (Fsp3) is 0.310. The van der Waals surface area contributed by atoms with E-state index in [4.69, 9.17) is 18.9 Å². The molecule has 194 valence electrons. The van der Waals surface area contributed by atoms with Gasteiger partial charge < -0.3 is 23.7 Å². The van der Waals surface area contributed by atoms with Gasteiger partial charge in [0.1, 0.15) is 30.5 Å². The molecule has 1 atom stereocenters. The van der Waals surface area contributed by atoms with Crippen LogP contribution < -0.4 is 30.7 Å². The summed E-state index contributed by atoms with van der Waals surface area (Å²) in [5.41, 5.74) is 2.72. The second kappa shape index (κ2) is 11.9. The standard InChI is InChI=1S/C29H30IO7/c1-19-15-24(13-14-26(19)30-21-7-5-20(6-8-21)29(2,3)4)36-23-11-9-22(10-12-23)33-18-27(31)34-16-25-17-35-28(32)37-25/h5-15,25H,16-18H2,1-4H3/q+1. The number of rotatable bonds is 9. The van der Waals surface area contributed by atoms with E-state index < -0.39 is 18.2 Å². The Balaban J connectivity index is 1.26. The number of carbonyl (C=O) groups excluding carboxylic acids is 2. The van der Waals surface area contributed by atoms with Gasteiger partial charge in [-0.25, -0.2) is 9.59 Å². The average Bonchev–Trinajstić information content (AvgIpc) is 3.29. The molecule has 1 unspecified atom stereocenters. The summed E-state index contributed by atoms with van der Waals surface area (Å²) in [6, 6.07) is 22.2. The largest absolute Gasteiger partial charge is 0.508 e. The predicted octanol–water partition coefficient (Wildman–Crippen LogP) is 2.67. The van der Waals surface area contributed by atoms with Gasteiger partial charge in [-0.05, 0) is 72.5 Å². The van der Waals surface area contributed by atoms with Crippen molar-refractivity contribution < 1.29 is 54.5 Å². The number of hydrogen-bond acceptors (Lipinski definition) is 7. The number of benzene rings is 3. The molecule has 0 N–H and O–H groups in total. The summed E-state index contributed by atoms with van der Waals surface area (Å²) in [6.07, 6.45) is -1.33. The van der Waals surface area contributed by atoms with Gasteiger partial charge in [-0.3, -0.25) is 0 Å². The third-order valence-corrected chi connectivity index (χ3v) is 8.68. The topological polar surface area (TPSA) is 80.3 Å². The molecule has 0 aliphatic carbocycles. The van der Waals surface area contributed by atoms with Crippen LogP contribution in [-0.2, 0) is 24.4 Å². The van der Waals surface area contributed by atoms with Gasteiger partial charge in [-0.1, -0.05) is 32.9 Å². The normalized spacial score (nSPS) is 15.0. The number of hydrogen-bond donors (Lipinski definition) is 0. The van der Waals surface area contributed by atoms with Crippen LogP contribution in [0.15, 0.2) is 66.7 Å². The van der Waals surface area contributed by atoms with Gasteiger partial charge in [0.05, 0.1) is 0 Å². The summed E-state index contributed by atoms with van der Waals surface area (Å²) in [6.45, 7) is 8.55. The molecule has 4 rings (SSSR count). The van der Waals surface area contributed by atoms with Gasteiger partial charge in [0.25, 0.3) is 0 Å². The van der Waals surface area contributed by atoms with E-state index in [1.54, 1.807) is 24.3 Å². The lowest BCUT2D eigenvalue weighted by atomic mass is 9.87. The summed E-state index contributed by atoms with van der Waals surface area (Å²) in [5.74, 6) is 1.38. The molecule has 0 amide bonds. The monoisotopic (exact) mass is 617 g/mol. The molecule has 7 nitrogen and oxygen atoms in total. The highest BCUT2D eigenvalue weighted by Gasteiger charge is 2.26. The maximum atomic E-state index is 11.8. The Bertz CT molecular complexity index is 1230. The van der Waals surface area contributed by atoms with E-state index in [9.17, 15) is 9.59 Å². The Morgan fingerprint density at radius 1 is 0.973 bits per heavy atom. The number of ether oxygens (including phenoxy) is 5. The summed E-state index contributed by atoms with van der Waals surface area (Å²) in [7, 11) is 0. The Morgan fingerprint density at radius 2 is 1.65 bits per heavy atom. The quantitative estimate of drug-likeness (QED) is 0.270. The van der Waals surface area contributed by atoms with Crippen LogP contribution in [0, 0.1) is 14.1 Å². The lowest BCUT2D eigenvalue weighted by Gasteiger charge is -2.18.